The number of unbranched alkanes of at least 4 members (excludes halogenated alkanes) is 3. The maximum absolute atomic E-state index is 10.8. The molecule has 1 aliphatic rings. The van der Waals surface area contributed by atoms with Crippen molar-refractivity contribution >= 4 is 5.97 Å². The first kappa shape index (κ1) is 10.5. The van der Waals surface area contributed by atoms with E-state index in [1.54, 1.807) is 0 Å². The van der Waals surface area contributed by atoms with E-state index in [-0.39, 0.29) is 18.5 Å². The van der Waals surface area contributed by atoms with Crippen molar-refractivity contribution < 1.29 is 14.6 Å². The van der Waals surface area contributed by atoms with E-state index in [0.29, 0.717) is 0 Å². The first-order valence-corrected chi connectivity index (χ1v) is 5.11. The number of ether oxygens (including phenoxy) is 1. The van der Waals surface area contributed by atoms with Crippen LogP contribution in [-0.2, 0) is 9.53 Å². The molecule has 1 heterocycles. The molecule has 1 fully saturated rings. The Kier molecular flexibility index (Phi) is 4.22. The molecule has 3 heteroatoms. The summed E-state index contributed by atoms with van der Waals surface area (Å²) in [6.07, 6.45) is 4.83. The average Bonchev–Trinajstić information content (AvgIpc) is 2.39. The number of hydrogen-bond acceptors (Lipinski definition) is 3. The van der Waals surface area contributed by atoms with E-state index in [1.807, 2.05) is 0 Å². The molecule has 0 aliphatic carbocycles. The Morgan fingerprint density at radius 3 is 2.77 bits per heavy atom. The molecule has 1 N–H and O–H groups in total. The molecular weight excluding hydrogens is 168 g/mol. The number of cyclic esters (lactones) is 1. The van der Waals surface area contributed by atoms with Crippen LogP contribution >= 0.6 is 0 Å². The van der Waals surface area contributed by atoms with Gasteiger partial charge in [0.05, 0.1) is 6.42 Å². The van der Waals surface area contributed by atoms with Crippen molar-refractivity contribution in [1.82, 2.24) is 0 Å². The summed E-state index contributed by atoms with van der Waals surface area (Å²) in [7, 11) is 0. The monoisotopic (exact) mass is 186 g/mol. The van der Waals surface area contributed by atoms with Crippen molar-refractivity contribution in [3.63, 3.8) is 0 Å². The van der Waals surface area contributed by atoms with Crippen molar-refractivity contribution in [3.8, 4) is 0 Å². The molecule has 0 radical (unpaired) electrons. The largest absolute Gasteiger partial charge is 0.460 e. The zero-order chi connectivity index (χ0) is 9.68. The summed E-state index contributed by atoms with van der Waals surface area (Å²) >= 11 is 0. The van der Waals surface area contributed by atoms with Gasteiger partial charge in [-0.05, 0) is 12.8 Å². The molecule has 1 saturated heterocycles. The lowest BCUT2D eigenvalue weighted by molar-refractivity contribution is -0.142. The molecule has 0 bridgehead atoms. The summed E-state index contributed by atoms with van der Waals surface area (Å²) in [5.74, 6) is -0.256. The van der Waals surface area contributed by atoms with Crippen molar-refractivity contribution in [2.45, 2.75) is 57.7 Å². The molecular formula is C10H18O3. The van der Waals surface area contributed by atoms with Crippen molar-refractivity contribution in [2.24, 2.45) is 0 Å². The van der Waals surface area contributed by atoms with Gasteiger partial charge in [0.15, 0.2) is 0 Å². The molecule has 76 valence electrons. The minimum Gasteiger partial charge on any atom is -0.460 e. The van der Waals surface area contributed by atoms with Crippen LogP contribution in [0.15, 0.2) is 0 Å². The Bertz CT molecular complexity index is 168. The van der Waals surface area contributed by atoms with Gasteiger partial charge in [0.1, 0.15) is 12.2 Å². The zero-order valence-electron chi connectivity index (χ0n) is 8.16. The van der Waals surface area contributed by atoms with Crippen molar-refractivity contribution in [2.75, 3.05) is 0 Å². The third kappa shape index (κ3) is 3.35. The normalized spacial score (nSPS) is 27.7. The first-order chi connectivity index (χ1) is 6.24. The molecule has 0 aromatic carbocycles. The molecule has 0 unspecified atom stereocenters. The second-order valence-corrected chi connectivity index (χ2v) is 3.65. The number of aliphatic hydroxyl groups is 1. The summed E-state index contributed by atoms with van der Waals surface area (Å²) in [6.45, 7) is 2.16. The molecule has 1 rings (SSSR count). The predicted molar refractivity (Wildman–Crippen MR) is 49.3 cm³/mol. The van der Waals surface area contributed by atoms with Gasteiger partial charge < -0.3 is 9.84 Å². The summed E-state index contributed by atoms with van der Waals surface area (Å²) < 4.78 is 4.96. The van der Waals surface area contributed by atoms with E-state index >= 15 is 0 Å². The molecule has 1 aliphatic heterocycles. The fraction of sp³-hybridized carbons (Fsp3) is 0.900. The van der Waals surface area contributed by atoms with E-state index in [2.05, 4.69) is 6.92 Å². The van der Waals surface area contributed by atoms with Gasteiger partial charge in [-0.1, -0.05) is 26.2 Å². The number of rotatable bonds is 5. The zero-order valence-corrected chi connectivity index (χ0v) is 8.16. The second kappa shape index (κ2) is 5.22. The minimum absolute atomic E-state index is 0.179. The lowest BCUT2D eigenvalue weighted by Gasteiger charge is -2.11. The predicted octanol–water partition coefficient (Wildman–Crippen LogP) is 1.63. The Morgan fingerprint density at radius 1 is 1.46 bits per heavy atom. The van der Waals surface area contributed by atoms with Crippen molar-refractivity contribution in [1.29, 1.82) is 0 Å². The topological polar surface area (TPSA) is 46.5 Å². The molecule has 0 aromatic rings. The van der Waals surface area contributed by atoms with Crippen LogP contribution in [0.5, 0.6) is 0 Å². The quantitative estimate of drug-likeness (QED) is 0.524. The first-order valence-electron chi connectivity index (χ1n) is 5.11. The third-order valence-corrected chi connectivity index (χ3v) is 2.43. The van der Waals surface area contributed by atoms with Gasteiger partial charge >= 0.3 is 5.97 Å². The van der Waals surface area contributed by atoms with Crippen LogP contribution in [0.2, 0.25) is 0 Å². The SMILES string of the molecule is CCCCCC[C@@H]1OC(=O)C[C@@H]1O. The highest BCUT2D eigenvalue weighted by Crippen LogP contribution is 2.20. The Balaban J connectivity index is 2.11. The highest BCUT2D eigenvalue weighted by Gasteiger charge is 2.32. The van der Waals surface area contributed by atoms with Gasteiger partial charge in [-0.2, -0.15) is 0 Å². The van der Waals surface area contributed by atoms with Gasteiger partial charge in [-0.25, -0.2) is 0 Å². The van der Waals surface area contributed by atoms with Gasteiger partial charge in [-0.3, -0.25) is 4.79 Å². The van der Waals surface area contributed by atoms with E-state index in [9.17, 15) is 9.90 Å². The molecule has 0 amide bonds. The fourth-order valence-electron chi connectivity index (χ4n) is 1.62. The lowest BCUT2D eigenvalue weighted by atomic mass is 10.1. The average molecular weight is 186 g/mol. The van der Waals surface area contributed by atoms with Gasteiger partial charge in [0.25, 0.3) is 0 Å². The molecule has 0 spiro atoms. The Hall–Kier alpha value is -0.570. The third-order valence-electron chi connectivity index (χ3n) is 2.43. The van der Waals surface area contributed by atoms with Crippen LogP contribution in [0.25, 0.3) is 0 Å². The molecule has 0 saturated carbocycles. The number of carbonyl (C=O) groups is 1. The molecule has 0 aromatic heterocycles. The lowest BCUT2D eigenvalue weighted by Crippen LogP contribution is -2.20. The summed E-state index contributed by atoms with van der Waals surface area (Å²) in [4.78, 5) is 10.8. The Morgan fingerprint density at radius 2 is 2.23 bits per heavy atom. The highest BCUT2D eigenvalue weighted by molar-refractivity contribution is 5.72. The standard InChI is InChI=1S/C10H18O3/c1-2-3-4-5-6-9-8(11)7-10(12)13-9/h8-9,11H,2-7H2,1H3/t8-,9-/m0/s1. The van der Waals surface area contributed by atoms with Crippen LogP contribution in [0.4, 0.5) is 0 Å². The number of carbonyl (C=O) groups excluding carboxylic acids is 1. The van der Waals surface area contributed by atoms with Gasteiger partial charge in [-0.15, -0.1) is 0 Å². The van der Waals surface area contributed by atoms with Crippen LogP contribution < -0.4 is 0 Å². The van der Waals surface area contributed by atoms with E-state index in [0.717, 1.165) is 19.3 Å². The van der Waals surface area contributed by atoms with E-state index in [4.69, 9.17) is 4.74 Å². The van der Waals surface area contributed by atoms with Crippen LogP contribution in [-0.4, -0.2) is 23.3 Å². The molecule has 2 atom stereocenters. The number of hydrogen-bond donors (Lipinski definition) is 1. The smallest absolute Gasteiger partial charge is 0.308 e. The maximum Gasteiger partial charge on any atom is 0.308 e. The van der Waals surface area contributed by atoms with Crippen LogP contribution in [0.1, 0.15) is 45.4 Å². The Labute approximate surface area is 79.1 Å². The molecule has 13 heavy (non-hydrogen) atoms. The fourth-order valence-corrected chi connectivity index (χ4v) is 1.62. The summed E-state index contributed by atoms with van der Waals surface area (Å²) in [6, 6.07) is 0. The van der Waals surface area contributed by atoms with E-state index in [1.165, 1.54) is 12.8 Å². The van der Waals surface area contributed by atoms with Gasteiger partial charge in [0, 0.05) is 0 Å². The van der Waals surface area contributed by atoms with Crippen LogP contribution in [0, 0.1) is 0 Å². The number of esters is 1. The minimum atomic E-state index is -0.561. The summed E-state index contributed by atoms with van der Waals surface area (Å²) in [5.41, 5.74) is 0. The maximum atomic E-state index is 10.8. The summed E-state index contributed by atoms with van der Waals surface area (Å²) in [5, 5.41) is 9.37. The van der Waals surface area contributed by atoms with Crippen molar-refractivity contribution in [3.05, 3.63) is 0 Å². The molecule has 3 nitrogen and oxygen atoms in total. The van der Waals surface area contributed by atoms with Gasteiger partial charge in [0.2, 0.25) is 0 Å². The van der Waals surface area contributed by atoms with E-state index < -0.39 is 6.10 Å². The highest BCUT2D eigenvalue weighted by atomic mass is 16.6. The second-order valence-electron chi connectivity index (χ2n) is 3.65. The number of aliphatic hydroxyl groups excluding tert-OH is 1. The van der Waals surface area contributed by atoms with Crippen LogP contribution in [0.3, 0.4) is 0 Å².